The highest BCUT2D eigenvalue weighted by atomic mass is 16.5. The molecule has 1 aliphatic rings. The largest absolute Gasteiger partial charge is 0.481 e. The van der Waals surface area contributed by atoms with Crippen LogP contribution in [0.2, 0.25) is 0 Å². The number of nitrogens with zero attached hydrogens (tertiary/aromatic N) is 2. The summed E-state index contributed by atoms with van der Waals surface area (Å²) in [6, 6.07) is 0. The van der Waals surface area contributed by atoms with Crippen molar-refractivity contribution in [1.29, 1.82) is 0 Å². The highest BCUT2D eigenvalue weighted by molar-refractivity contribution is 5.67. The van der Waals surface area contributed by atoms with Crippen molar-refractivity contribution in [3.8, 4) is 0 Å². The molecule has 1 N–H and O–H groups in total. The first-order valence-corrected chi connectivity index (χ1v) is 6.60. The van der Waals surface area contributed by atoms with Crippen LogP contribution in [0.1, 0.15) is 48.5 Å². The molecule has 0 spiro atoms. The summed E-state index contributed by atoms with van der Waals surface area (Å²) in [5.74, 6) is -0.0504. The predicted molar refractivity (Wildman–Crippen MR) is 70.0 cm³/mol. The molecule has 0 atom stereocenters. The smallest absolute Gasteiger partial charge is 0.303 e. The Hall–Kier alpha value is -1.49. The van der Waals surface area contributed by atoms with Crippen LogP contribution in [0.4, 0.5) is 0 Å². The Morgan fingerprint density at radius 1 is 1.32 bits per heavy atom. The lowest BCUT2D eigenvalue weighted by atomic mass is 9.79. The van der Waals surface area contributed by atoms with Crippen molar-refractivity contribution in [2.45, 2.75) is 51.6 Å². The van der Waals surface area contributed by atoms with Gasteiger partial charge >= 0.3 is 5.97 Å². The molecule has 104 valence electrons. The van der Waals surface area contributed by atoms with Gasteiger partial charge in [-0.2, -0.15) is 0 Å². The average Bonchev–Trinajstić information content (AvgIpc) is 2.26. The van der Waals surface area contributed by atoms with E-state index in [1.54, 1.807) is 7.11 Å². The molecule has 5 heteroatoms. The molecule has 1 aromatic rings. The van der Waals surface area contributed by atoms with E-state index >= 15 is 0 Å². The molecule has 5 nitrogen and oxygen atoms in total. The minimum atomic E-state index is -0.796. The Kier molecular flexibility index (Phi) is 3.85. The third kappa shape index (κ3) is 2.61. The van der Waals surface area contributed by atoms with Crippen LogP contribution < -0.4 is 0 Å². The van der Waals surface area contributed by atoms with Crippen LogP contribution in [-0.4, -0.2) is 28.2 Å². The maximum atomic E-state index is 10.7. The number of rotatable bonds is 5. The Morgan fingerprint density at radius 2 is 1.89 bits per heavy atom. The molecule has 1 aliphatic carbocycles. The molecule has 0 radical (unpaired) electrons. The van der Waals surface area contributed by atoms with Crippen molar-refractivity contribution >= 4 is 5.97 Å². The van der Waals surface area contributed by atoms with E-state index < -0.39 is 5.97 Å². The second kappa shape index (κ2) is 5.25. The van der Waals surface area contributed by atoms with Crippen LogP contribution in [0.25, 0.3) is 0 Å². The van der Waals surface area contributed by atoms with Crippen LogP contribution >= 0.6 is 0 Å². The van der Waals surface area contributed by atoms with Gasteiger partial charge in [-0.25, -0.2) is 9.97 Å². The molecule has 2 rings (SSSR count). The van der Waals surface area contributed by atoms with Gasteiger partial charge < -0.3 is 9.84 Å². The van der Waals surface area contributed by atoms with Crippen LogP contribution in [0, 0.1) is 13.8 Å². The summed E-state index contributed by atoms with van der Waals surface area (Å²) in [5.41, 5.74) is 2.36. The quantitative estimate of drug-likeness (QED) is 0.882. The maximum absolute atomic E-state index is 10.7. The van der Waals surface area contributed by atoms with Gasteiger partial charge in [-0.15, -0.1) is 0 Å². The molecule has 0 aliphatic heterocycles. The van der Waals surface area contributed by atoms with Crippen molar-refractivity contribution in [3.05, 3.63) is 22.8 Å². The van der Waals surface area contributed by atoms with E-state index in [4.69, 9.17) is 9.84 Å². The standard InChI is InChI=1S/C14H20N2O3/c1-9-11(5-6-12(17)18)10(2)16-13(15-9)14(19-3)7-4-8-14/h4-8H2,1-3H3,(H,17,18). The SMILES string of the molecule is COC1(c2nc(C)c(CCC(=O)O)c(C)n2)CCC1. The molecule has 0 amide bonds. The lowest BCUT2D eigenvalue weighted by molar-refractivity contribution is -0.136. The molecule has 0 bridgehead atoms. The number of methoxy groups -OCH3 is 1. The lowest BCUT2D eigenvalue weighted by Gasteiger charge is -2.39. The van der Waals surface area contributed by atoms with Crippen LogP contribution in [-0.2, 0) is 21.6 Å². The van der Waals surface area contributed by atoms with Crippen LogP contribution in [0.3, 0.4) is 0 Å². The van der Waals surface area contributed by atoms with E-state index in [9.17, 15) is 4.79 Å². The molecule has 1 heterocycles. The minimum absolute atomic E-state index is 0.111. The summed E-state index contributed by atoms with van der Waals surface area (Å²) in [4.78, 5) is 19.8. The number of carboxylic acids is 1. The van der Waals surface area contributed by atoms with Gasteiger partial charge in [0, 0.05) is 24.9 Å². The third-order valence-corrected chi connectivity index (χ3v) is 3.97. The van der Waals surface area contributed by atoms with Crippen LogP contribution in [0.15, 0.2) is 0 Å². The molecule has 19 heavy (non-hydrogen) atoms. The number of hydrogen-bond donors (Lipinski definition) is 1. The Bertz CT molecular complexity index is 467. The zero-order valence-corrected chi connectivity index (χ0v) is 11.7. The summed E-state index contributed by atoms with van der Waals surface area (Å²) >= 11 is 0. The second-order valence-electron chi connectivity index (χ2n) is 5.14. The number of hydrogen-bond acceptors (Lipinski definition) is 4. The molecule has 1 fully saturated rings. The number of aromatic nitrogens is 2. The van der Waals surface area contributed by atoms with Gasteiger partial charge in [0.25, 0.3) is 0 Å². The second-order valence-corrected chi connectivity index (χ2v) is 5.14. The van der Waals surface area contributed by atoms with E-state index in [-0.39, 0.29) is 12.0 Å². The van der Waals surface area contributed by atoms with Gasteiger partial charge in [0.15, 0.2) is 5.82 Å². The van der Waals surface area contributed by atoms with E-state index in [0.717, 1.165) is 42.0 Å². The van der Waals surface area contributed by atoms with Crippen molar-refractivity contribution in [2.75, 3.05) is 7.11 Å². The molecule has 0 unspecified atom stereocenters. The van der Waals surface area contributed by atoms with Gasteiger partial charge in [0.05, 0.1) is 0 Å². The molecular formula is C14H20N2O3. The number of carboxylic acid groups (broad SMARTS) is 1. The Labute approximate surface area is 113 Å². The normalized spacial score (nSPS) is 17.0. The van der Waals surface area contributed by atoms with Gasteiger partial charge in [-0.05, 0) is 45.1 Å². The Morgan fingerprint density at radius 3 is 2.26 bits per heavy atom. The first kappa shape index (κ1) is 13.9. The van der Waals surface area contributed by atoms with Gasteiger partial charge in [0.2, 0.25) is 0 Å². The molecule has 1 saturated carbocycles. The molecule has 0 saturated heterocycles. The summed E-state index contributed by atoms with van der Waals surface area (Å²) in [7, 11) is 1.70. The molecular weight excluding hydrogens is 244 g/mol. The van der Waals surface area contributed by atoms with E-state index in [1.165, 1.54) is 0 Å². The highest BCUT2D eigenvalue weighted by Gasteiger charge is 2.42. The van der Waals surface area contributed by atoms with Crippen molar-refractivity contribution in [3.63, 3.8) is 0 Å². The average molecular weight is 264 g/mol. The van der Waals surface area contributed by atoms with E-state index in [1.807, 2.05) is 13.8 Å². The summed E-state index contributed by atoms with van der Waals surface area (Å²) < 4.78 is 5.59. The van der Waals surface area contributed by atoms with Crippen molar-refractivity contribution < 1.29 is 14.6 Å². The third-order valence-electron chi connectivity index (χ3n) is 3.97. The first-order chi connectivity index (χ1) is 8.98. The van der Waals surface area contributed by atoms with Gasteiger partial charge in [-0.1, -0.05) is 0 Å². The monoisotopic (exact) mass is 264 g/mol. The van der Waals surface area contributed by atoms with E-state index in [0.29, 0.717) is 6.42 Å². The number of aryl methyl sites for hydroxylation is 2. The van der Waals surface area contributed by atoms with Crippen LogP contribution in [0.5, 0.6) is 0 Å². The topological polar surface area (TPSA) is 72.3 Å². The fraction of sp³-hybridized carbons (Fsp3) is 0.643. The number of carbonyl (C=O) groups is 1. The van der Waals surface area contributed by atoms with Gasteiger partial charge in [0.1, 0.15) is 5.60 Å². The molecule has 0 aromatic carbocycles. The lowest BCUT2D eigenvalue weighted by Crippen LogP contribution is -2.38. The zero-order valence-electron chi connectivity index (χ0n) is 11.7. The van der Waals surface area contributed by atoms with E-state index in [2.05, 4.69) is 9.97 Å². The Balaban J connectivity index is 2.28. The maximum Gasteiger partial charge on any atom is 0.303 e. The fourth-order valence-electron chi connectivity index (χ4n) is 2.55. The first-order valence-electron chi connectivity index (χ1n) is 6.60. The minimum Gasteiger partial charge on any atom is -0.481 e. The summed E-state index contributed by atoms with van der Waals surface area (Å²) in [6.07, 6.45) is 3.64. The van der Waals surface area contributed by atoms with Crippen molar-refractivity contribution in [1.82, 2.24) is 9.97 Å². The molecule has 1 aromatic heterocycles. The number of ether oxygens (including phenoxy) is 1. The highest BCUT2D eigenvalue weighted by Crippen LogP contribution is 2.42. The number of aliphatic carboxylic acids is 1. The summed E-state index contributed by atoms with van der Waals surface area (Å²) in [6.45, 7) is 3.83. The van der Waals surface area contributed by atoms with Crippen molar-refractivity contribution in [2.24, 2.45) is 0 Å². The fourth-order valence-corrected chi connectivity index (χ4v) is 2.55. The summed E-state index contributed by atoms with van der Waals surface area (Å²) in [5, 5.41) is 8.76. The zero-order chi connectivity index (χ0) is 14.0. The predicted octanol–water partition coefficient (Wildman–Crippen LogP) is 2.14. The van der Waals surface area contributed by atoms with Gasteiger partial charge in [-0.3, -0.25) is 4.79 Å².